The molecule has 30 heavy (non-hydrogen) atoms. The maximum absolute atomic E-state index is 13.7. The molecule has 4 rings (SSSR count). The first-order chi connectivity index (χ1) is 14.1. The van der Waals surface area contributed by atoms with E-state index < -0.39 is 31.1 Å². The van der Waals surface area contributed by atoms with Gasteiger partial charge in [0.15, 0.2) is 0 Å². The molecule has 3 aromatic heterocycles. The minimum atomic E-state index is -4.72. The fourth-order valence-corrected chi connectivity index (χ4v) is 4.18. The summed E-state index contributed by atoms with van der Waals surface area (Å²) in [6, 6.07) is 1.97. The molecule has 0 radical (unpaired) electrons. The van der Waals surface area contributed by atoms with Crippen LogP contribution in [0.5, 0.6) is 0 Å². The predicted molar refractivity (Wildman–Crippen MR) is 98.4 cm³/mol. The SMILES string of the molecule is CCOP(=O)(O)Cc1nnc2c(=O)[nH]c3cc(C(F)(F)F)c(-n4ccnc4)cc3n12. The van der Waals surface area contributed by atoms with Crippen LogP contribution in [0.25, 0.3) is 22.4 Å². The Hall–Kier alpha value is -3.02. The van der Waals surface area contributed by atoms with Crippen molar-refractivity contribution in [2.75, 3.05) is 6.61 Å². The largest absolute Gasteiger partial charge is 0.418 e. The number of hydrogen-bond donors (Lipinski definition) is 2. The van der Waals surface area contributed by atoms with Crippen molar-refractivity contribution in [2.24, 2.45) is 0 Å². The molecule has 14 heteroatoms. The molecule has 3 heterocycles. The average Bonchev–Trinajstić information content (AvgIpc) is 3.30. The van der Waals surface area contributed by atoms with Gasteiger partial charge in [-0.2, -0.15) is 13.2 Å². The van der Waals surface area contributed by atoms with Gasteiger partial charge in [0.1, 0.15) is 12.0 Å². The summed E-state index contributed by atoms with van der Waals surface area (Å²) in [5.41, 5.74) is -2.32. The molecule has 0 amide bonds. The number of nitrogens with one attached hydrogen (secondary N) is 1. The number of hydrogen-bond acceptors (Lipinski definition) is 6. The number of H-pyrrole nitrogens is 1. The Kier molecular flexibility index (Phi) is 4.76. The monoisotopic (exact) mass is 442 g/mol. The number of imidazole rings is 1. The summed E-state index contributed by atoms with van der Waals surface area (Å²) in [6.45, 7) is 1.49. The van der Waals surface area contributed by atoms with Gasteiger partial charge in [0.05, 0.1) is 35.2 Å². The van der Waals surface area contributed by atoms with Crippen LogP contribution in [0.15, 0.2) is 35.6 Å². The molecule has 0 bridgehead atoms. The van der Waals surface area contributed by atoms with Gasteiger partial charge >= 0.3 is 13.8 Å². The lowest BCUT2D eigenvalue weighted by Crippen LogP contribution is -2.15. The number of benzene rings is 1. The third kappa shape index (κ3) is 3.51. The molecule has 1 aromatic carbocycles. The third-order valence-corrected chi connectivity index (χ3v) is 5.64. The van der Waals surface area contributed by atoms with Crippen LogP contribution in [0.4, 0.5) is 13.2 Å². The van der Waals surface area contributed by atoms with Crippen LogP contribution in [0.2, 0.25) is 0 Å². The van der Waals surface area contributed by atoms with Gasteiger partial charge in [-0.25, -0.2) is 4.98 Å². The van der Waals surface area contributed by atoms with E-state index in [1.807, 2.05) is 0 Å². The molecular weight excluding hydrogens is 428 g/mol. The molecule has 4 aromatic rings. The number of rotatable bonds is 5. The number of nitrogens with zero attached hydrogens (tertiary/aromatic N) is 5. The Bertz CT molecular complexity index is 1350. The number of aromatic amines is 1. The second-order valence-corrected chi connectivity index (χ2v) is 8.15. The molecular formula is C16H14F3N6O4P. The lowest BCUT2D eigenvalue weighted by molar-refractivity contribution is -0.137. The number of halogens is 3. The number of aromatic nitrogens is 6. The van der Waals surface area contributed by atoms with E-state index >= 15 is 0 Å². The molecule has 1 unspecified atom stereocenters. The normalized spacial score (nSPS) is 14.4. The Morgan fingerprint density at radius 3 is 2.70 bits per heavy atom. The summed E-state index contributed by atoms with van der Waals surface area (Å²) in [5, 5.41) is 7.49. The highest BCUT2D eigenvalue weighted by Gasteiger charge is 2.35. The second-order valence-electron chi connectivity index (χ2n) is 6.30. The fourth-order valence-electron chi connectivity index (χ4n) is 3.13. The molecule has 0 saturated carbocycles. The van der Waals surface area contributed by atoms with Crippen molar-refractivity contribution in [1.29, 1.82) is 0 Å². The first-order valence-electron chi connectivity index (χ1n) is 8.56. The van der Waals surface area contributed by atoms with Gasteiger partial charge in [-0.3, -0.25) is 13.8 Å². The molecule has 0 saturated heterocycles. The summed E-state index contributed by atoms with van der Waals surface area (Å²) >= 11 is 0. The van der Waals surface area contributed by atoms with Gasteiger partial charge in [0.2, 0.25) is 5.65 Å². The summed E-state index contributed by atoms with van der Waals surface area (Å²) in [6.07, 6.45) is -1.44. The minimum Gasteiger partial charge on any atom is -0.324 e. The van der Waals surface area contributed by atoms with Crippen molar-refractivity contribution in [3.63, 3.8) is 0 Å². The van der Waals surface area contributed by atoms with Crippen molar-refractivity contribution < 1.29 is 27.2 Å². The molecule has 0 aliphatic rings. The summed E-state index contributed by atoms with van der Waals surface area (Å²) in [7, 11) is -4.11. The van der Waals surface area contributed by atoms with Crippen molar-refractivity contribution >= 4 is 24.3 Å². The van der Waals surface area contributed by atoms with Crippen molar-refractivity contribution in [2.45, 2.75) is 19.3 Å². The number of alkyl halides is 3. The zero-order valence-corrected chi connectivity index (χ0v) is 16.2. The van der Waals surface area contributed by atoms with Crippen LogP contribution in [0, 0.1) is 0 Å². The summed E-state index contributed by atoms with van der Waals surface area (Å²) in [4.78, 5) is 28.4. The Morgan fingerprint density at radius 1 is 1.30 bits per heavy atom. The molecule has 0 aliphatic carbocycles. The van der Waals surface area contributed by atoms with Gasteiger partial charge in [-0.15, -0.1) is 10.2 Å². The van der Waals surface area contributed by atoms with E-state index in [1.54, 1.807) is 0 Å². The third-order valence-electron chi connectivity index (χ3n) is 4.30. The number of fused-ring (bicyclic) bond motifs is 3. The van der Waals surface area contributed by atoms with E-state index in [0.29, 0.717) is 0 Å². The maximum Gasteiger partial charge on any atom is 0.418 e. The van der Waals surface area contributed by atoms with E-state index in [1.165, 1.54) is 36.3 Å². The maximum atomic E-state index is 13.7. The van der Waals surface area contributed by atoms with E-state index in [-0.39, 0.29) is 34.8 Å². The van der Waals surface area contributed by atoms with E-state index in [0.717, 1.165) is 10.5 Å². The molecule has 0 aliphatic heterocycles. The van der Waals surface area contributed by atoms with Gasteiger partial charge in [-0.1, -0.05) is 0 Å². The summed E-state index contributed by atoms with van der Waals surface area (Å²) in [5.74, 6) is -0.100. The molecule has 0 spiro atoms. The van der Waals surface area contributed by atoms with Crippen LogP contribution in [0.1, 0.15) is 18.3 Å². The highest BCUT2D eigenvalue weighted by Crippen LogP contribution is 2.45. The van der Waals surface area contributed by atoms with Crippen LogP contribution in [-0.2, 0) is 21.4 Å². The van der Waals surface area contributed by atoms with Crippen molar-refractivity contribution in [1.82, 2.24) is 29.1 Å². The molecule has 10 nitrogen and oxygen atoms in total. The first kappa shape index (κ1) is 20.3. The zero-order valence-electron chi connectivity index (χ0n) is 15.3. The molecule has 2 N–H and O–H groups in total. The fraction of sp³-hybridized carbons (Fsp3) is 0.250. The highest BCUT2D eigenvalue weighted by molar-refractivity contribution is 7.51. The first-order valence-corrected chi connectivity index (χ1v) is 10.3. The van der Waals surface area contributed by atoms with Gasteiger partial charge in [-0.05, 0) is 19.1 Å². The van der Waals surface area contributed by atoms with Gasteiger partial charge in [0, 0.05) is 12.4 Å². The Balaban J connectivity index is 2.06. The van der Waals surface area contributed by atoms with Crippen molar-refractivity contribution in [3.05, 3.63) is 52.6 Å². The van der Waals surface area contributed by atoms with E-state index in [2.05, 4.69) is 20.2 Å². The smallest absolute Gasteiger partial charge is 0.324 e. The molecule has 0 fully saturated rings. The minimum absolute atomic E-state index is 0.0361. The van der Waals surface area contributed by atoms with Crippen LogP contribution in [-0.4, -0.2) is 40.6 Å². The van der Waals surface area contributed by atoms with Crippen LogP contribution >= 0.6 is 7.60 Å². The summed E-state index contributed by atoms with van der Waals surface area (Å²) < 4.78 is 60.3. The average molecular weight is 442 g/mol. The quantitative estimate of drug-likeness (QED) is 0.455. The molecule has 158 valence electrons. The lowest BCUT2D eigenvalue weighted by Gasteiger charge is -2.16. The van der Waals surface area contributed by atoms with Gasteiger partial charge in [0.25, 0.3) is 5.56 Å². The standard InChI is InChI=1S/C16H14F3N6O4P/c1-2-29-30(27,28)7-13-22-23-14-15(26)21-10-5-9(16(17,18)19)11(6-12(10)25(13)14)24-4-3-20-8-24/h3-6,8H,2,7H2,1H3,(H,21,26)(H,27,28). The van der Waals surface area contributed by atoms with Crippen LogP contribution in [0.3, 0.4) is 0 Å². The Labute approximate surface area is 165 Å². The second kappa shape index (κ2) is 7.04. The van der Waals surface area contributed by atoms with Crippen molar-refractivity contribution in [3.8, 4) is 5.69 Å². The van der Waals surface area contributed by atoms with Gasteiger partial charge < -0.3 is 19.0 Å². The zero-order chi connectivity index (χ0) is 21.7. The Morgan fingerprint density at radius 2 is 2.07 bits per heavy atom. The van der Waals surface area contributed by atoms with E-state index in [4.69, 9.17) is 4.52 Å². The molecule has 1 atom stereocenters. The topological polar surface area (TPSA) is 127 Å². The predicted octanol–water partition coefficient (Wildman–Crippen LogP) is 2.50. The highest BCUT2D eigenvalue weighted by atomic mass is 31.2. The van der Waals surface area contributed by atoms with Crippen LogP contribution < -0.4 is 5.56 Å². The van der Waals surface area contributed by atoms with E-state index in [9.17, 15) is 27.4 Å². The lowest BCUT2D eigenvalue weighted by atomic mass is 10.1.